The summed E-state index contributed by atoms with van der Waals surface area (Å²) in [6.45, 7) is 5.49. The minimum absolute atomic E-state index is 0.233. The van der Waals surface area contributed by atoms with Gasteiger partial charge in [0.15, 0.2) is 0 Å². The van der Waals surface area contributed by atoms with Crippen molar-refractivity contribution in [2.45, 2.75) is 20.8 Å². The van der Waals surface area contributed by atoms with Crippen molar-refractivity contribution in [1.29, 1.82) is 0 Å². The van der Waals surface area contributed by atoms with Gasteiger partial charge in [-0.15, -0.1) is 0 Å². The molecule has 2 aromatic rings. The van der Waals surface area contributed by atoms with Crippen LogP contribution >= 0.6 is 0 Å². The van der Waals surface area contributed by atoms with Crippen LogP contribution in [0.15, 0.2) is 24.3 Å². The predicted octanol–water partition coefficient (Wildman–Crippen LogP) is 3.72. The molecule has 26 heavy (non-hydrogen) atoms. The van der Waals surface area contributed by atoms with Crippen LogP contribution < -0.4 is 9.47 Å². The summed E-state index contributed by atoms with van der Waals surface area (Å²) in [5.74, 6) is 0.600. The van der Waals surface area contributed by atoms with Gasteiger partial charge in [0.1, 0.15) is 11.5 Å². The Balaban J connectivity index is 2.29. The lowest BCUT2D eigenvalue weighted by Gasteiger charge is -2.05. The number of benzene rings is 1. The van der Waals surface area contributed by atoms with Gasteiger partial charge < -0.3 is 19.2 Å². The molecule has 0 fully saturated rings. The van der Waals surface area contributed by atoms with Crippen LogP contribution in [0.5, 0.6) is 11.5 Å². The molecule has 138 valence electrons. The second kappa shape index (κ2) is 8.38. The number of aryl methyl sites for hydroxylation is 1. The molecule has 0 amide bonds. The van der Waals surface area contributed by atoms with E-state index in [0.717, 1.165) is 5.56 Å². The molecule has 0 aliphatic rings. The van der Waals surface area contributed by atoms with Crippen molar-refractivity contribution < 1.29 is 23.8 Å². The number of allylic oxidation sites excluding steroid dienone is 1. The third-order valence-corrected chi connectivity index (χ3v) is 3.96. The summed E-state index contributed by atoms with van der Waals surface area (Å²) < 4.78 is 15.5. The normalized spacial score (nSPS) is 10.8. The molecule has 0 bridgehead atoms. The highest BCUT2D eigenvalue weighted by Crippen LogP contribution is 2.24. The van der Waals surface area contributed by atoms with Gasteiger partial charge in [-0.1, -0.05) is 6.08 Å². The quantitative estimate of drug-likeness (QED) is 0.464. The van der Waals surface area contributed by atoms with Gasteiger partial charge in [0.2, 0.25) is 5.78 Å². The van der Waals surface area contributed by atoms with Crippen LogP contribution in [0.25, 0.3) is 6.08 Å². The van der Waals surface area contributed by atoms with Crippen molar-refractivity contribution >= 4 is 17.8 Å². The van der Waals surface area contributed by atoms with E-state index in [-0.39, 0.29) is 12.4 Å². The summed E-state index contributed by atoms with van der Waals surface area (Å²) in [6.07, 6.45) is 3.12. The molecule has 0 unspecified atom stereocenters. The summed E-state index contributed by atoms with van der Waals surface area (Å²) in [5.41, 5.74) is 2.74. The maximum atomic E-state index is 12.6. The smallest absolute Gasteiger partial charge is 0.340 e. The molecular weight excluding hydrogens is 334 g/mol. The van der Waals surface area contributed by atoms with Crippen molar-refractivity contribution in [2.75, 3.05) is 20.8 Å². The molecule has 0 aliphatic heterocycles. The largest absolute Gasteiger partial charge is 0.497 e. The van der Waals surface area contributed by atoms with Crippen molar-refractivity contribution in [1.82, 2.24) is 4.98 Å². The molecule has 1 heterocycles. The molecule has 2 rings (SSSR count). The molecule has 0 spiro atoms. The van der Waals surface area contributed by atoms with E-state index in [1.807, 2.05) is 0 Å². The lowest BCUT2D eigenvalue weighted by molar-refractivity contribution is 0.0525. The Bertz CT molecular complexity index is 826. The summed E-state index contributed by atoms with van der Waals surface area (Å²) in [4.78, 5) is 27.6. The fourth-order valence-corrected chi connectivity index (χ4v) is 2.69. The van der Waals surface area contributed by atoms with Crippen LogP contribution in [0.4, 0.5) is 0 Å². The second-order valence-electron chi connectivity index (χ2n) is 5.69. The third-order valence-electron chi connectivity index (χ3n) is 3.96. The molecule has 0 radical (unpaired) electrons. The molecule has 0 atom stereocenters. The fourth-order valence-electron chi connectivity index (χ4n) is 2.69. The van der Waals surface area contributed by atoms with E-state index < -0.39 is 5.97 Å². The van der Waals surface area contributed by atoms with Crippen molar-refractivity contribution in [3.63, 3.8) is 0 Å². The van der Waals surface area contributed by atoms with E-state index >= 15 is 0 Å². The summed E-state index contributed by atoms with van der Waals surface area (Å²) in [7, 11) is 3.13. The van der Waals surface area contributed by atoms with Gasteiger partial charge in [0.25, 0.3) is 0 Å². The van der Waals surface area contributed by atoms with E-state index in [2.05, 4.69) is 4.98 Å². The zero-order valence-electron chi connectivity index (χ0n) is 15.6. The fraction of sp³-hybridized carbons (Fsp3) is 0.300. The lowest BCUT2D eigenvalue weighted by atomic mass is 10.1. The number of esters is 1. The van der Waals surface area contributed by atoms with E-state index in [1.165, 1.54) is 6.08 Å². The van der Waals surface area contributed by atoms with Gasteiger partial charge in [-0.2, -0.15) is 0 Å². The van der Waals surface area contributed by atoms with E-state index in [1.54, 1.807) is 59.3 Å². The number of carbonyl (C=O) groups is 2. The van der Waals surface area contributed by atoms with Crippen LogP contribution in [0.1, 0.15) is 44.6 Å². The first kappa shape index (κ1) is 19.3. The zero-order valence-corrected chi connectivity index (χ0v) is 15.6. The Morgan fingerprint density at radius 1 is 1.08 bits per heavy atom. The number of ether oxygens (including phenoxy) is 3. The summed E-state index contributed by atoms with van der Waals surface area (Å²) in [6, 6.07) is 5.34. The first-order valence-electron chi connectivity index (χ1n) is 8.23. The molecular formula is C20H23NO5. The predicted molar refractivity (Wildman–Crippen MR) is 99.1 cm³/mol. The number of carbonyl (C=O) groups excluding carboxylic acids is 2. The van der Waals surface area contributed by atoms with Gasteiger partial charge in [-0.05, 0) is 50.1 Å². The molecule has 0 aliphatic carbocycles. The Morgan fingerprint density at radius 2 is 1.69 bits per heavy atom. The summed E-state index contributed by atoms with van der Waals surface area (Å²) in [5, 5.41) is 0. The number of rotatable bonds is 7. The monoisotopic (exact) mass is 357 g/mol. The van der Waals surface area contributed by atoms with Gasteiger partial charge >= 0.3 is 5.97 Å². The average Bonchev–Trinajstić information content (AvgIpc) is 2.93. The zero-order chi connectivity index (χ0) is 19.3. The minimum Gasteiger partial charge on any atom is -0.497 e. The highest BCUT2D eigenvalue weighted by molar-refractivity contribution is 6.08. The van der Waals surface area contributed by atoms with Crippen LogP contribution in [0.3, 0.4) is 0 Å². The highest BCUT2D eigenvalue weighted by Gasteiger charge is 2.21. The number of hydrogen-bond donors (Lipinski definition) is 1. The lowest BCUT2D eigenvalue weighted by Crippen LogP contribution is -2.07. The maximum Gasteiger partial charge on any atom is 0.340 e. The standard InChI is InChI=1S/C20H23NO5/c1-6-26-20(23)18-12(2)19(21-13(18)3)17(22)8-7-14-9-15(24-4)11-16(10-14)25-5/h7-11,21H,6H2,1-5H3. The molecule has 1 N–H and O–H groups in total. The molecule has 6 heteroatoms. The maximum absolute atomic E-state index is 12.6. The molecule has 1 aromatic carbocycles. The van der Waals surface area contributed by atoms with Gasteiger partial charge in [0, 0.05) is 11.8 Å². The van der Waals surface area contributed by atoms with Crippen LogP contribution in [-0.2, 0) is 4.74 Å². The Morgan fingerprint density at radius 3 is 2.23 bits per heavy atom. The highest BCUT2D eigenvalue weighted by atomic mass is 16.5. The van der Waals surface area contributed by atoms with E-state index in [9.17, 15) is 9.59 Å². The third kappa shape index (κ3) is 4.14. The van der Waals surface area contributed by atoms with E-state index in [4.69, 9.17) is 14.2 Å². The number of aromatic nitrogens is 1. The number of nitrogens with one attached hydrogen (secondary N) is 1. The Labute approximate surface area is 152 Å². The number of H-pyrrole nitrogens is 1. The number of aromatic amines is 1. The topological polar surface area (TPSA) is 77.6 Å². The number of methoxy groups -OCH3 is 2. The van der Waals surface area contributed by atoms with Crippen molar-refractivity contribution in [3.05, 3.63) is 52.4 Å². The van der Waals surface area contributed by atoms with Gasteiger partial charge in [0.05, 0.1) is 32.1 Å². The SMILES string of the molecule is CCOC(=O)c1c(C)[nH]c(C(=O)C=Cc2cc(OC)cc(OC)c2)c1C. The van der Waals surface area contributed by atoms with E-state index in [0.29, 0.717) is 34.0 Å². The van der Waals surface area contributed by atoms with Gasteiger partial charge in [-0.3, -0.25) is 4.79 Å². The Kier molecular flexibility index (Phi) is 6.22. The van der Waals surface area contributed by atoms with Crippen molar-refractivity contribution in [3.8, 4) is 11.5 Å². The molecule has 0 saturated carbocycles. The second-order valence-corrected chi connectivity index (χ2v) is 5.69. The first-order valence-corrected chi connectivity index (χ1v) is 8.23. The van der Waals surface area contributed by atoms with Crippen LogP contribution in [-0.4, -0.2) is 37.6 Å². The first-order chi connectivity index (χ1) is 12.4. The average molecular weight is 357 g/mol. The number of ketones is 1. The van der Waals surface area contributed by atoms with Crippen molar-refractivity contribution in [2.24, 2.45) is 0 Å². The molecule has 1 aromatic heterocycles. The summed E-state index contributed by atoms with van der Waals surface area (Å²) >= 11 is 0. The van der Waals surface area contributed by atoms with Gasteiger partial charge in [-0.25, -0.2) is 4.79 Å². The molecule has 6 nitrogen and oxygen atoms in total. The Hall–Kier alpha value is -3.02. The number of hydrogen-bond acceptors (Lipinski definition) is 5. The van der Waals surface area contributed by atoms with Crippen LogP contribution in [0, 0.1) is 13.8 Å². The van der Waals surface area contributed by atoms with Crippen LogP contribution in [0.2, 0.25) is 0 Å². The molecule has 0 saturated heterocycles. The minimum atomic E-state index is -0.431.